The zero-order valence-corrected chi connectivity index (χ0v) is 20.1. The van der Waals surface area contributed by atoms with Gasteiger partial charge < -0.3 is 10.1 Å². The summed E-state index contributed by atoms with van der Waals surface area (Å²) in [6.45, 7) is 0.539. The molecule has 0 saturated heterocycles. The van der Waals surface area contributed by atoms with E-state index >= 15 is 0 Å². The molecule has 0 aliphatic heterocycles. The summed E-state index contributed by atoms with van der Waals surface area (Å²) in [5.41, 5.74) is 5.54. The van der Waals surface area contributed by atoms with Crippen molar-refractivity contribution in [3.8, 4) is 11.5 Å². The molecule has 0 spiro atoms. The van der Waals surface area contributed by atoms with Crippen LogP contribution in [0.1, 0.15) is 51.1 Å². The third kappa shape index (κ3) is 5.71. The molecule has 0 radical (unpaired) electrons. The second-order valence-corrected chi connectivity index (χ2v) is 9.11. The molecule has 36 heavy (non-hydrogen) atoms. The van der Waals surface area contributed by atoms with Gasteiger partial charge >= 0.3 is 0 Å². The fourth-order valence-electron chi connectivity index (χ4n) is 4.66. The standard InChI is InChI=1S/C30H29N3O3/c34-29(31-18-17-21-13-15-25(16-14-21)36-24-9-2-1-3-10-24)23-8-6-7-22(19-23)20-28-26-11-4-5-12-27(26)30(35)33-32-28/h1-3,6-10,13-16,19H,4-5,11-12,17-18,20H2,(H,31,34)(H,33,35). The predicted molar refractivity (Wildman–Crippen MR) is 140 cm³/mol. The van der Waals surface area contributed by atoms with Gasteiger partial charge in [-0.25, -0.2) is 5.10 Å². The predicted octanol–water partition coefficient (Wildman–Crippen LogP) is 5.00. The maximum Gasteiger partial charge on any atom is 0.267 e. The van der Waals surface area contributed by atoms with Gasteiger partial charge in [-0.3, -0.25) is 9.59 Å². The van der Waals surface area contributed by atoms with Crippen molar-refractivity contribution in [2.45, 2.75) is 38.5 Å². The lowest BCUT2D eigenvalue weighted by Gasteiger charge is -2.17. The molecule has 0 bridgehead atoms. The van der Waals surface area contributed by atoms with Crippen LogP contribution in [0.5, 0.6) is 11.5 Å². The highest BCUT2D eigenvalue weighted by atomic mass is 16.5. The van der Waals surface area contributed by atoms with Crippen LogP contribution in [-0.4, -0.2) is 22.6 Å². The topological polar surface area (TPSA) is 84.1 Å². The van der Waals surface area contributed by atoms with E-state index in [2.05, 4.69) is 15.5 Å². The highest BCUT2D eigenvalue weighted by Crippen LogP contribution is 2.23. The summed E-state index contributed by atoms with van der Waals surface area (Å²) in [6.07, 6.45) is 5.14. The van der Waals surface area contributed by atoms with Gasteiger partial charge in [0.2, 0.25) is 0 Å². The van der Waals surface area contributed by atoms with Crippen LogP contribution in [0.2, 0.25) is 0 Å². The Morgan fingerprint density at radius 1 is 0.861 bits per heavy atom. The van der Waals surface area contributed by atoms with E-state index in [0.717, 1.165) is 71.6 Å². The van der Waals surface area contributed by atoms with Crippen LogP contribution in [0, 0.1) is 0 Å². The molecular formula is C30H29N3O3. The van der Waals surface area contributed by atoms with Crippen molar-refractivity contribution >= 4 is 5.91 Å². The van der Waals surface area contributed by atoms with Crippen LogP contribution in [0.3, 0.4) is 0 Å². The number of fused-ring (bicyclic) bond motifs is 1. The third-order valence-corrected chi connectivity index (χ3v) is 6.54. The molecule has 2 N–H and O–H groups in total. The molecule has 0 fully saturated rings. The molecule has 0 atom stereocenters. The van der Waals surface area contributed by atoms with E-state index in [1.54, 1.807) is 0 Å². The van der Waals surface area contributed by atoms with E-state index in [4.69, 9.17) is 4.74 Å². The molecule has 1 aliphatic rings. The molecule has 6 nitrogen and oxygen atoms in total. The van der Waals surface area contributed by atoms with Gasteiger partial charge in [-0.1, -0.05) is 42.5 Å². The lowest BCUT2D eigenvalue weighted by atomic mass is 9.90. The molecule has 5 rings (SSSR count). The van der Waals surface area contributed by atoms with Gasteiger partial charge in [-0.15, -0.1) is 0 Å². The highest BCUT2D eigenvalue weighted by molar-refractivity contribution is 5.94. The fourth-order valence-corrected chi connectivity index (χ4v) is 4.66. The molecule has 3 aromatic carbocycles. The number of nitrogens with one attached hydrogen (secondary N) is 2. The molecule has 1 amide bonds. The van der Waals surface area contributed by atoms with Gasteiger partial charge in [-0.2, -0.15) is 5.10 Å². The zero-order chi connectivity index (χ0) is 24.7. The Morgan fingerprint density at radius 3 is 2.42 bits per heavy atom. The number of hydrogen-bond acceptors (Lipinski definition) is 4. The monoisotopic (exact) mass is 479 g/mol. The molecule has 182 valence electrons. The fraction of sp³-hybridized carbons (Fsp3) is 0.233. The van der Waals surface area contributed by atoms with Crippen LogP contribution in [0.4, 0.5) is 0 Å². The molecule has 1 aliphatic carbocycles. The number of benzene rings is 3. The second-order valence-electron chi connectivity index (χ2n) is 9.11. The number of aromatic nitrogens is 2. The number of carbonyl (C=O) groups excluding carboxylic acids is 1. The van der Waals surface area contributed by atoms with Crippen LogP contribution in [-0.2, 0) is 25.7 Å². The smallest absolute Gasteiger partial charge is 0.267 e. The Labute approximate surface area is 210 Å². The molecule has 1 aromatic heterocycles. The number of para-hydroxylation sites is 1. The molecule has 4 aromatic rings. The summed E-state index contributed by atoms with van der Waals surface area (Å²) >= 11 is 0. The lowest BCUT2D eigenvalue weighted by molar-refractivity contribution is 0.0954. The van der Waals surface area contributed by atoms with Crippen molar-refractivity contribution in [3.63, 3.8) is 0 Å². The summed E-state index contributed by atoms with van der Waals surface area (Å²) in [4.78, 5) is 24.9. The average molecular weight is 480 g/mol. The van der Waals surface area contributed by atoms with Crippen molar-refractivity contribution in [1.82, 2.24) is 15.5 Å². The van der Waals surface area contributed by atoms with Gasteiger partial charge in [0.05, 0.1) is 5.69 Å². The van der Waals surface area contributed by atoms with E-state index < -0.39 is 0 Å². The molecule has 6 heteroatoms. The van der Waals surface area contributed by atoms with Gasteiger partial charge in [0.25, 0.3) is 11.5 Å². The van der Waals surface area contributed by atoms with Crippen LogP contribution in [0.15, 0.2) is 83.7 Å². The average Bonchev–Trinajstić information content (AvgIpc) is 2.92. The first-order valence-electron chi connectivity index (χ1n) is 12.4. The Hall–Kier alpha value is -4.19. The summed E-state index contributed by atoms with van der Waals surface area (Å²) in [6, 6.07) is 25.2. The molecular weight excluding hydrogens is 450 g/mol. The number of H-pyrrole nitrogens is 1. The van der Waals surface area contributed by atoms with Gasteiger partial charge in [0.15, 0.2) is 0 Å². The van der Waals surface area contributed by atoms with Crippen molar-refractivity contribution < 1.29 is 9.53 Å². The summed E-state index contributed by atoms with van der Waals surface area (Å²) in [5, 5.41) is 10.00. The number of nitrogens with zero attached hydrogens (tertiary/aromatic N) is 1. The number of rotatable bonds is 8. The maximum atomic E-state index is 12.8. The Morgan fingerprint density at radius 2 is 1.61 bits per heavy atom. The van der Waals surface area contributed by atoms with Crippen molar-refractivity contribution in [2.75, 3.05) is 6.54 Å². The SMILES string of the molecule is O=C(NCCc1ccc(Oc2ccccc2)cc1)c1cccc(Cc2n[nH]c(=O)c3c2CCCC3)c1. The normalized spacial score (nSPS) is 12.6. The Kier molecular flexibility index (Phi) is 7.22. The third-order valence-electron chi connectivity index (χ3n) is 6.54. The van der Waals surface area contributed by atoms with E-state index in [9.17, 15) is 9.59 Å². The molecule has 1 heterocycles. The lowest BCUT2D eigenvalue weighted by Crippen LogP contribution is -2.26. The number of aromatic amines is 1. The first-order valence-corrected chi connectivity index (χ1v) is 12.4. The minimum absolute atomic E-state index is 0.0695. The summed E-state index contributed by atoms with van der Waals surface area (Å²) in [5.74, 6) is 1.48. The summed E-state index contributed by atoms with van der Waals surface area (Å²) in [7, 11) is 0. The summed E-state index contributed by atoms with van der Waals surface area (Å²) < 4.78 is 5.83. The largest absolute Gasteiger partial charge is 0.457 e. The first kappa shape index (κ1) is 23.5. The van der Waals surface area contributed by atoms with Crippen molar-refractivity contribution in [3.05, 3.63) is 123 Å². The minimum Gasteiger partial charge on any atom is -0.457 e. The Bertz CT molecular complexity index is 1400. The Balaban J connectivity index is 1.16. The molecule has 0 unspecified atom stereocenters. The van der Waals surface area contributed by atoms with E-state index in [-0.39, 0.29) is 11.5 Å². The van der Waals surface area contributed by atoms with Crippen LogP contribution >= 0.6 is 0 Å². The highest BCUT2D eigenvalue weighted by Gasteiger charge is 2.18. The number of carbonyl (C=O) groups is 1. The van der Waals surface area contributed by atoms with E-state index in [1.165, 1.54) is 0 Å². The van der Waals surface area contributed by atoms with Crippen molar-refractivity contribution in [2.24, 2.45) is 0 Å². The first-order chi connectivity index (χ1) is 17.7. The van der Waals surface area contributed by atoms with E-state index in [1.807, 2.05) is 78.9 Å². The number of hydrogen-bond donors (Lipinski definition) is 2. The maximum absolute atomic E-state index is 12.8. The van der Waals surface area contributed by atoms with Crippen LogP contribution < -0.4 is 15.6 Å². The van der Waals surface area contributed by atoms with Crippen LogP contribution in [0.25, 0.3) is 0 Å². The quantitative estimate of drug-likeness (QED) is 0.372. The van der Waals surface area contributed by atoms with E-state index in [0.29, 0.717) is 18.5 Å². The van der Waals surface area contributed by atoms with Crippen molar-refractivity contribution in [1.29, 1.82) is 0 Å². The van der Waals surface area contributed by atoms with Gasteiger partial charge in [0, 0.05) is 24.1 Å². The number of amides is 1. The zero-order valence-electron chi connectivity index (χ0n) is 20.1. The van der Waals surface area contributed by atoms with Gasteiger partial charge in [-0.05, 0) is 85.2 Å². The minimum atomic E-state index is -0.0997. The molecule has 0 saturated carbocycles. The van der Waals surface area contributed by atoms with Gasteiger partial charge in [0.1, 0.15) is 11.5 Å². The second kappa shape index (κ2) is 11.0. The number of ether oxygens (including phenoxy) is 1.